The van der Waals surface area contributed by atoms with Gasteiger partial charge in [-0.2, -0.15) is 4.31 Å². The summed E-state index contributed by atoms with van der Waals surface area (Å²) in [4.78, 5) is 0. The van der Waals surface area contributed by atoms with E-state index in [9.17, 15) is 8.42 Å². The number of nitrogens with one attached hydrogen (secondary N) is 1. The molecule has 1 aromatic rings. The maximum Gasteiger partial charge on any atom is 0.252 e. The Balaban J connectivity index is 2.83. The van der Waals surface area contributed by atoms with Gasteiger partial charge in [0.1, 0.15) is 4.21 Å². The first-order chi connectivity index (χ1) is 9.56. The van der Waals surface area contributed by atoms with Gasteiger partial charge < -0.3 is 5.32 Å². The van der Waals surface area contributed by atoms with E-state index in [4.69, 9.17) is 0 Å². The van der Waals surface area contributed by atoms with Crippen molar-refractivity contribution in [3.8, 4) is 0 Å². The zero-order valence-corrected chi connectivity index (χ0v) is 13.9. The van der Waals surface area contributed by atoms with Crippen molar-refractivity contribution in [2.24, 2.45) is 0 Å². The monoisotopic (exact) mass is 316 g/mol. The maximum absolute atomic E-state index is 12.5. The molecule has 1 N–H and O–H groups in total. The standard InChI is InChI=1S/C14H24N2O2S2/c1-4-7-15-11-13-10-14(19-12-13)20(17,18)16(8-5-2)9-6-3/h5,10,12,15H,2,4,6-9,11H2,1,3H3. The van der Waals surface area contributed by atoms with Crippen molar-refractivity contribution in [2.45, 2.75) is 37.4 Å². The van der Waals surface area contributed by atoms with Crippen LogP contribution in [-0.4, -0.2) is 32.4 Å². The summed E-state index contributed by atoms with van der Waals surface area (Å²) < 4.78 is 26.9. The number of rotatable bonds is 10. The molecule has 0 saturated carbocycles. The molecule has 1 rings (SSSR count). The minimum absolute atomic E-state index is 0.359. The number of hydrogen-bond acceptors (Lipinski definition) is 4. The minimum atomic E-state index is -3.38. The summed E-state index contributed by atoms with van der Waals surface area (Å²) in [6.45, 7) is 10.3. The fraction of sp³-hybridized carbons (Fsp3) is 0.571. The Kier molecular flexibility index (Phi) is 7.43. The predicted molar refractivity (Wildman–Crippen MR) is 85.6 cm³/mol. The molecule has 0 aliphatic rings. The van der Waals surface area contributed by atoms with Gasteiger partial charge in [-0.15, -0.1) is 17.9 Å². The average Bonchev–Trinajstić information content (AvgIpc) is 2.88. The zero-order valence-electron chi connectivity index (χ0n) is 12.3. The lowest BCUT2D eigenvalue weighted by Gasteiger charge is -2.18. The van der Waals surface area contributed by atoms with Gasteiger partial charge in [0.15, 0.2) is 0 Å². The van der Waals surface area contributed by atoms with E-state index in [-0.39, 0.29) is 0 Å². The highest BCUT2D eigenvalue weighted by molar-refractivity contribution is 7.91. The van der Waals surface area contributed by atoms with Gasteiger partial charge >= 0.3 is 0 Å². The smallest absolute Gasteiger partial charge is 0.252 e. The highest BCUT2D eigenvalue weighted by Crippen LogP contribution is 2.24. The van der Waals surface area contributed by atoms with Crippen LogP contribution in [0.5, 0.6) is 0 Å². The van der Waals surface area contributed by atoms with E-state index in [1.165, 1.54) is 15.6 Å². The first kappa shape index (κ1) is 17.4. The number of sulfonamides is 1. The lowest BCUT2D eigenvalue weighted by molar-refractivity contribution is 0.443. The van der Waals surface area contributed by atoms with Crippen LogP contribution in [0.4, 0.5) is 0 Å². The van der Waals surface area contributed by atoms with Crippen LogP contribution in [0, 0.1) is 0 Å². The molecule has 0 saturated heterocycles. The van der Waals surface area contributed by atoms with Gasteiger partial charge in [-0.05, 0) is 36.4 Å². The quantitative estimate of drug-likeness (QED) is 0.533. The van der Waals surface area contributed by atoms with Crippen LogP contribution in [0.3, 0.4) is 0 Å². The van der Waals surface area contributed by atoms with E-state index in [1.54, 1.807) is 12.1 Å². The first-order valence-electron chi connectivity index (χ1n) is 6.95. The third-order valence-corrected chi connectivity index (χ3v) is 6.11. The third-order valence-electron chi connectivity index (χ3n) is 2.79. The molecular formula is C14H24N2O2S2. The highest BCUT2D eigenvalue weighted by Gasteiger charge is 2.24. The van der Waals surface area contributed by atoms with Crippen LogP contribution in [0.15, 0.2) is 28.3 Å². The van der Waals surface area contributed by atoms with Crippen molar-refractivity contribution in [1.82, 2.24) is 9.62 Å². The van der Waals surface area contributed by atoms with Gasteiger partial charge in [-0.25, -0.2) is 8.42 Å². The van der Waals surface area contributed by atoms with Crippen LogP contribution in [0.25, 0.3) is 0 Å². The van der Waals surface area contributed by atoms with Crippen molar-refractivity contribution in [3.05, 3.63) is 29.7 Å². The Morgan fingerprint density at radius 1 is 1.40 bits per heavy atom. The fourth-order valence-corrected chi connectivity index (χ4v) is 4.69. The Labute approximate surface area is 126 Å². The van der Waals surface area contributed by atoms with E-state index in [1.807, 2.05) is 12.3 Å². The van der Waals surface area contributed by atoms with Crippen LogP contribution in [-0.2, 0) is 16.6 Å². The molecule has 6 heteroatoms. The molecule has 0 fully saturated rings. The Bertz CT molecular complexity index is 509. The van der Waals surface area contributed by atoms with E-state index in [0.29, 0.717) is 17.3 Å². The molecule has 20 heavy (non-hydrogen) atoms. The van der Waals surface area contributed by atoms with Crippen LogP contribution in [0.2, 0.25) is 0 Å². The minimum Gasteiger partial charge on any atom is -0.313 e. The summed E-state index contributed by atoms with van der Waals surface area (Å²) in [7, 11) is -3.38. The average molecular weight is 316 g/mol. The summed E-state index contributed by atoms with van der Waals surface area (Å²) in [5, 5.41) is 5.19. The Hall–Kier alpha value is -0.690. The predicted octanol–water partition coefficient (Wildman–Crippen LogP) is 2.83. The molecule has 0 bridgehead atoms. The SMILES string of the molecule is C=CCN(CCC)S(=O)(=O)c1cc(CNCCC)cs1. The van der Waals surface area contributed by atoms with Gasteiger partial charge in [0.2, 0.25) is 0 Å². The maximum atomic E-state index is 12.5. The number of nitrogens with zero attached hydrogens (tertiary/aromatic N) is 1. The lowest BCUT2D eigenvalue weighted by Crippen LogP contribution is -2.31. The fourth-order valence-electron chi connectivity index (χ4n) is 1.82. The normalized spacial score (nSPS) is 11.9. The van der Waals surface area contributed by atoms with Crippen LogP contribution in [0.1, 0.15) is 32.3 Å². The van der Waals surface area contributed by atoms with Crippen molar-refractivity contribution in [3.63, 3.8) is 0 Å². The second-order valence-corrected chi connectivity index (χ2v) is 7.68. The van der Waals surface area contributed by atoms with Gasteiger partial charge in [0, 0.05) is 19.6 Å². The van der Waals surface area contributed by atoms with E-state index in [2.05, 4.69) is 18.8 Å². The Morgan fingerprint density at radius 2 is 2.15 bits per heavy atom. The number of thiophene rings is 1. The topological polar surface area (TPSA) is 49.4 Å². The molecule has 0 spiro atoms. The molecule has 0 amide bonds. The molecule has 0 unspecified atom stereocenters. The number of hydrogen-bond donors (Lipinski definition) is 1. The van der Waals surface area contributed by atoms with Gasteiger partial charge in [0.25, 0.3) is 10.0 Å². The second-order valence-electron chi connectivity index (χ2n) is 4.60. The lowest BCUT2D eigenvalue weighted by atomic mass is 10.3. The van der Waals surface area contributed by atoms with Gasteiger partial charge in [0.05, 0.1) is 0 Å². The first-order valence-corrected chi connectivity index (χ1v) is 9.27. The molecule has 0 aromatic carbocycles. The van der Waals surface area contributed by atoms with Crippen LogP contribution >= 0.6 is 11.3 Å². The summed E-state index contributed by atoms with van der Waals surface area (Å²) in [5.41, 5.74) is 1.03. The third kappa shape index (κ3) is 4.70. The summed E-state index contributed by atoms with van der Waals surface area (Å²) in [5.74, 6) is 0. The van der Waals surface area contributed by atoms with Gasteiger partial charge in [-0.1, -0.05) is 19.9 Å². The largest absolute Gasteiger partial charge is 0.313 e. The summed E-state index contributed by atoms with van der Waals surface area (Å²) in [6.07, 6.45) is 3.49. The zero-order chi connectivity index (χ0) is 15.0. The molecule has 4 nitrogen and oxygen atoms in total. The van der Waals surface area contributed by atoms with E-state index >= 15 is 0 Å². The molecule has 0 radical (unpaired) electrons. The van der Waals surface area contributed by atoms with Crippen molar-refractivity contribution in [1.29, 1.82) is 0 Å². The molecular weight excluding hydrogens is 292 g/mol. The second kappa shape index (κ2) is 8.56. The molecule has 0 aliphatic carbocycles. The molecule has 0 aliphatic heterocycles. The Morgan fingerprint density at radius 3 is 2.75 bits per heavy atom. The van der Waals surface area contributed by atoms with E-state index in [0.717, 1.165) is 31.5 Å². The molecule has 1 heterocycles. The summed E-state index contributed by atoms with van der Waals surface area (Å²) >= 11 is 1.29. The van der Waals surface area contributed by atoms with Crippen molar-refractivity contribution in [2.75, 3.05) is 19.6 Å². The van der Waals surface area contributed by atoms with Gasteiger partial charge in [-0.3, -0.25) is 0 Å². The molecule has 1 aromatic heterocycles. The molecule has 114 valence electrons. The summed E-state index contributed by atoms with van der Waals surface area (Å²) in [6, 6.07) is 1.77. The highest BCUT2D eigenvalue weighted by atomic mass is 32.2. The van der Waals surface area contributed by atoms with Crippen LogP contribution < -0.4 is 5.32 Å². The van der Waals surface area contributed by atoms with E-state index < -0.39 is 10.0 Å². The van der Waals surface area contributed by atoms with Crippen molar-refractivity contribution < 1.29 is 8.42 Å². The van der Waals surface area contributed by atoms with Crippen molar-refractivity contribution >= 4 is 21.4 Å². The molecule has 0 atom stereocenters.